The fraction of sp³-hybridized carbons (Fsp3) is 0.667. The molecule has 0 saturated carbocycles. The molecule has 1 aliphatic heterocycles. The normalized spacial score (nSPS) is 18.4. The van der Waals surface area contributed by atoms with Crippen LogP contribution in [0.3, 0.4) is 0 Å². The van der Waals surface area contributed by atoms with Crippen molar-refractivity contribution in [1.82, 2.24) is 5.32 Å². The number of thiophene rings is 1. The van der Waals surface area contributed by atoms with Gasteiger partial charge >= 0.3 is 0 Å². The Hall–Kier alpha value is -0.390. The van der Waals surface area contributed by atoms with Crippen molar-refractivity contribution in [1.29, 1.82) is 0 Å². The van der Waals surface area contributed by atoms with Crippen LogP contribution in [0.1, 0.15) is 24.6 Å². The summed E-state index contributed by atoms with van der Waals surface area (Å²) in [6.45, 7) is 3.95. The van der Waals surface area contributed by atoms with Crippen molar-refractivity contribution < 1.29 is 8.42 Å². The summed E-state index contributed by atoms with van der Waals surface area (Å²) in [5, 5.41) is 3.26. The van der Waals surface area contributed by atoms with Crippen LogP contribution in [0, 0.1) is 5.92 Å². The van der Waals surface area contributed by atoms with Crippen LogP contribution in [0.15, 0.2) is 16.3 Å². The number of nitrogens with one attached hydrogen (secondary N) is 1. The second-order valence-corrected chi connectivity index (χ2v) is 7.98. The predicted molar refractivity (Wildman–Crippen MR) is 71.3 cm³/mol. The van der Waals surface area contributed by atoms with E-state index in [0.29, 0.717) is 15.9 Å². The molecule has 1 fully saturated rings. The zero-order valence-corrected chi connectivity index (χ0v) is 11.7. The van der Waals surface area contributed by atoms with Gasteiger partial charge in [0.15, 0.2) is 9.84 Å². The molecule has 0 spiro atoms. The maximum atomic E-state index is 12.2. The van der Waals surface area contributed by atoms with Crippen LogP contribution in [0.5, 0.6) is 0 Å². The second-order valence-electron chi connectivity index (χ2n) is 4.55. The summed E-state index contributed by atoms with van der Waals surface area (Å²) in [7, 11) is -3.06. The van der Waals surface area contributed by atoms with Crippen molar-refractivity contribution in [2.45, 2.75) is 30.4 Å². The summed E-state index contributed by atoms with van der Waals surface area (Å²) >= 11 is 1.42. The van der Waals surface area contributed by atoms with E-state index in [1.165, 1.54) is 11.3 Å². The van der Waals surface area contributed by atoms with E-state index >= 15 is 0 Å². The van der Waals surface area contributed by atoms with Crippen LogP contribution in [-0.4, -0.2) is 27.3 Å². The summed E-state index contributed by atoms with van der Waals surface area (Å²) in [4.78, 5) is 1.15. The minimum atomic E-state index is -3.06. The number of piperidine rings is 1. The molecule has 2 heterocycles. The summed E-state index contributed by atoms with van der Waals surface area (Å²) in [5.41, 5.74) is 0. The van der Waals surface area contributed by atoms with E-state index in [2.05, 4.69) is 12.2 Å². The Kier molecular flexibility index (Phi) is 4.22. The molecule has 1 saturated heterocycles. The first kappa shape index (κ1) is 13.1. The molecule has 1 aliphatic rings. The van der Waals surface area contributed by atoms with Crippen LogP contribution in [0.2, 0.25) is 0 Å². The van der Waals surface area contributed by atoms with Crippen molar-refractivity contribution in [2.75, 3.05) is 18.8 Å². The molecule has 0 unspecified atom stereocenters. The average Bonchev–Trinajstić information content (AvgIpc) is 2.79. The Balaban J connectivity index is 2.07. The van der Waals surface area contributed by atoms with E-state index in [4.69, 9.17) is 0 Å². The molecule has 0 radical (unpaired) electrons. The maximum Gasteiger partial charge on any atom is 0.188 e. The molecule has 3 nitrogen and oxygen atoms in total. The average molecular weight is 273 g/mol. The molecule has 1 N–H and O–H groups in total. The number of aryl methyl sites for hydroxylation is 1. The van der Waals surface area contributed by atoms with Gasteiger partial charge in [0.05, 0.1) is 5.75 Å². The van der Waals surface area contributed by atoms with Crippen LogP contribution in [0.25, 0.3) is 0 Å². The van der Waals surface area contributed by atoms with Crippen molar-refractivity contribution in [3.8, 4) is 0 Å². The fourth-order valence-electron chi connectivity index (χ4n) is 2.16. The lowest BCUT2D eigenvalue weighted by Crippen LogP contribution is -2.31. The molecule has 0 aliphatic carbocycles. The van der Waals surface area contributed by atoms with E-state index < -0.39 is 9.84 Å². The van der Waals surface area contributed by atoms with Gasteiger partial charge in [0, 0.05) is 4.88 Å². The Labute approximate surface area is 107 Å². The maximum absolute atomic E-state index is 12.2. The Bertz CT molecular complexity index is 459. The third-order valence-corrected chi connectivity index (χ3v) is 6.90. The molecule has 0 amide bonds. The molecule has 0 bridgehead atoms. The molecule has 0 atom stereocenters. The first-order valence-corrected chi connectivity index (χ1v) is 8.61. The molecular formula is C12H19NO2S2. The number of hydrogen-bond acceptors (Lipinski definition) is 4. The van der Waals surface area contributed by atoms with Gasteiger partial charge in [0.2, 0.25) is 0 Å². The van der Waals surface area contributed by atoms with Crippen LogP contribution in [-0.2, 0) is 16.3 Å². The smallest absolute Gasteiger partial charge is 0.188 e. The van der Waals surface area contributed by atoms with Gasteiger partial charge in [-0.3, -0.25) is 0 Å². The lowest BCUT2D eigenvalue weighted by atomic mass is 10.0. The molecule has 2 rings (SSSR count). The fourth-order valence-corrected chi connectivity index (χ4v) is 5.26. The molecule has 1 aromatic rings. The number of sulfone groups is 1. The Morgan fingerprint density at radius 1 is 1.35 bits per heavy atom. The Morgan fingerprint density at radius 3 is 2.65 bits per heavy atom. The highest BCUT2D eigenvalue weighted by Gasteiger charge is 2.23. The summed E-state index contributed by atoms with van der Waals surface area (Å²) in [6.07, 6.45) is 2.87. The lowest BCUT2D eigenvalue weighted by molar-refractivity contribution is 0.401. The van der Waals surface area contributed by atoms with E-state index in [0.717, 1.165) is 37.2 Å². The van der Waals surface area contributed by atoms with Crippen LogP contribution < -0.4 is 5.32 Å². The third-order valence-electron chi connectivity index (χ3n) is 3.21. The first-order chi connectivity index (χ1) is 8.12. The zero-order chi connectivity index (χ0) is 12.3. The molecular weight excluding hydrogens is 254 g/mol. The van der Waals surface area contributed by atoms with Gasteiger partial charge in [-0.15, -0.1) is 11.3 Å². The van der Waals surface area contributed by atoms with Crippen molar-refractivity contribution in [3.63, 3.8) is 0 Å². The van der Waals surface area contributed by atoms with E-state index in [-0.39, 0.29) is 0 Å². The van der Waals surface area contributed by atoms with Gasteiger partial charge in [-0.2, -0.15) is 0 Å². The zero-order valence-electron chi connectivity index (χ0n) is 10.1. The highest BCUT2D eigenvalue weighted by atomic mass is 32.2. The van der Waals surface area contributed by atoms with E-state index in [1.807, 2.05) is 6.07 Å². The first-order valence-electron chi connectivity index (χ1n) is 6.14. The van der Waals surface area contributed by atoms with Gasteiger partial charge in [-0.05, 0) is 50.4 Å². The summed E-state index contributed by atoms with van der Waals surface area (Å²) in [5.74, 6) is 0.645. The lowest BCUT2D eigenvalue weighted by Gasteiger charge is -2.21. The van der Waals surface area contributed by atoms with Crippen molar-refractivity contribution in [3.05, 3.63) is 17.0 Å². The number of rotatable bonds is 4. The summed E-state index contributed by atoms with van der Waals surface area (Å²) < 4.78 is 25.0. The van der Waals surface area contributed by atoms with E-state index in [1.54, 1.807) is 6.07 Å². The summed E-state index contributed by atoms with van der Waals surface area (Å²) in [6, 6.07) is 3.69. The largest absolute Gasteiger partial charge is 0.317 e. The standard InChI is InChI=1S/C12H19NO2S2/c1-2-11-3-4-12(16-11)17(14,15)9-10-5-7-13-8-6-10/h3-4,10,13H,2,5-9H2,1H3. The van der Waals surface area contributed by atoms with Gasteiger partial charge in [0.1, 0.15) is 4.21 Å². The van der Waals surface area contributed by atoms with Crippen molar-refractivity contribution >= 4 is 21.2 Å². The van der Waals surface area contributed by atoms with Crippen LogP contribution in [0.4, 0.5) is 0 Å². The monoisotopic (exact) mass is 273 g/mol. The minimum absolute atomic E-state index is 0.318. The topological polar surface area (TPSA) is 46.2 Å². The van der Waals surface area contributed by atoms with E-state index in [9.17, 15) is 8.42 Å². The number of hydrogen-bond donors (Lipinski definition) is 1. The third kappa shape index (κ3) is 3.30. The van der Waals surface area contributed by atoms with Gasteiger partial charge in [0.25, 0.3) is 0 Å². The van der Waals surface area contributed by atoms with Crippen LogP contribution >= 0.6 is 11.3 Å². The second kappa shape index (κ2) is 5.50. The minimum Gasteiger partial charge on any atom is -0.317 e. The quantitative estimate of drug-likeness (QED) is 0.913. The SMILES string of the molecule is CCc1ccc(S(=O)(=O)CC2CCNCC2)s1. The van der Waals surface area contributed by atoms with Gasteiger partial charge < -0.3 is 5.32 Å². The molecule has 1 aromatic heterocycles. The molecule has 96 valence electrons. The Morgan fingerprint density at radius 2 is 2.06 bits per heavy atom. The van der Waals surface area contributed by atoms with Gasteiger partial charge in [-0.25, -0.2) is 8.42 Å². The van der Waals surface area contributed by atoms with Gasteiger partial charge in [-0.1, -0.05) is 6.92 Å². The van der Waals surface area contributed by atoms with Crippen molar-refractivity contribution in [2.24, 2.45) is 5.92 Å². The molecule has 17 heavy (non-hydrogen) atoms. The predicted octanol–water partition coefficient (Wildman–Crippen LogP) is 2.08. The highest BCUT2D eigenvalue weighted by molar-refractivity contribution is 7.93. The molecule has 5 heteroatoms. The highest BCUT2D eigenvalue weighted by Crippen LogP contribution is 2.26. The molecule has 0 aromatic carbocycles.